The largest absolute Gasteiger partial charge is 0.472 e. The summed E-state index contributed by atoms with van der Waals surface area (Å²) in [6.07, 6.45) is 72.8. The van der Waals surface area contributed by atoms with Crippen molar-refractivity contribution in [2.75, 3.05) is 39.6 Å². The molecule has 0 spiro atoms. The Morgan fingerprint density at radius 3 is 0.745 bits per heavy atom. The minimum Gasteiger partial charge on any atom is -0.462 e. The zero-order valence-corrected chi connectivity index (χ0v) is 67.9. The molecule has 0 aromatic rings. The van der Waals surface area contributed by atoms with Crippen LogP contribution in [0.3, 0.4) is 0 Å². The number of carbonyl (C=O) groups is 4. The number of phosphoric ester groups is 2. The number of unbranched alkanes of at least 4 members (excludes halogenated alkanes) is 52. The summed E-state index contributed by atoms with van der Waals surface area (Å²) in [5.41, 5.74) is 0. The van der Waals surface area contributed by atoms with Gasteiger partial charge in [-0.1, -0.05) is 367 Å². The molecule has 0 aliphatic heterocycles. The van der Waals surface area contributed by atoms with E-state index in [1.54, 1.807) is 0 Å². The standard InChI is InChI=1S/C83H158O17P2/c1-5-9-13-17-21-25-29-33-37-38-42-46-50-54-58-62-66-70-83(88)100-79(74-94-81(86)68-64-60-56-52-48-44-40-35-31-27-23-19-15-11-7-3)76-98-102(91,92)96-72-77(84)71-95-101(89,90)97-75-78(99-82(87)69-65-61-57-53-49-45-41-36-32-28-24-20-16-12-8-4)73-93-80(85)67-63-59-55-51-47-43-39-34-30-26-22-18-14-10-6-2/h24,28,36,41,77-79,84H,5-23,25-27,29-35,37-40,42-76H2,1-4H3,(H,89,90)(H,91,92)/b28-24-,41-36-/t77-,78-,79-/m1/s1. The first-order valence-corrected chi connectivity index (χ1v) is 45.6. The summed E-state index contributed by atoms with van der Waals surface area (Å²) >= 11 is 0. The summed E-state index contributed by atoms with van der Waals surface area (Å²) in [6, 6.07) is 0. The molecule has 3 N–H and O–H groups in total. The van der Waals surface area contributed by atoms with Crippen molar-refractivity contribution >= 4 is 39.5 Å². The predicted molar refractivity (Wildman–Crippen MR) is 418 cm³/mol. The second-order valence-corrected chi connectivity index (χ2v) is 32.1. The van der Waals surface area contributed by atoms with Gasteiger partial charge in [0.2, 0.25) is 0 Å². The maximum absolute atomic E-state index is 13.1. The van der Waals surface area contributed by atoms with Crippen LogP contribution in [-0.4, -0.2) is 96.7 Å². The van der Waals surface area contributed by atoms with Gasteiger partial charge in [0.25, 0.3) is 0 Å². The molecule has 0 bridgehead atoms. The van der Waals surface area contributed by atoms with E-state index in [2.05, 4.69) is 52.0 Å². The Morgan fingerprint density at radius 2 is 0.480 bits per heavy atom. The highest BCUT2D eigenvalue weighted by Gasteiger charge is 2.30. The minimum absolute atomic E-state index is 0.0878. The summed E-state index contributed by atoms with van der Waals surface area (Å²) in [5.74, 6) is -2.13. The van der Waals surface area contributed by atoms with Gasteiger partial charge in [0.1, 0.15) is 19.3 Å². The first-order valence-electron chi connectivity index (χ1n) is 42.6. The van der Waals surface area contributed by atoms with Crippen molar-refractivity contribution in [3.05, 3.63) is 24.3 Å². The van der Waals surface area contributed by atoms with E-state index in [1.807, 2.05) is 0 Å². The van der Waals surface area contributed by atoms with Gasteiger partial charge in [0.15, 0.2) is 12.2 Å². The number of hydrogen-bond donors (Lipinski definition) is 3. The highest BCUT2D eigenvalue weighted by molar-refractivity contribution is 7.47. The van der Waals surface area contributed by atoms with E-state index < -0.39 is 97.5 Å². The van der Waals surface area contributed by atoms with Crippen LogP contribution in [0, 0.1) is 0 Å². The van der Waals surface area contributed by atoms with Crippen molar-refractivity contribution in [1.82, 2.24) is 0 Å². The average Bonchev–Trinajstić information content (AvgIpc) is 1.10. The topological polar surface area (TPSA) is 237 Å². The Kier molecular flexibility index (Phi) is 74.9. The van der Waals surface area contributed by atoms with E-state index in [0.29, 0.717) is 25.7 Å². The van der Waals surface area contributed by atoms with Crippen LogP contribution < -0.4 is 0 Å². The molecule has 0 aliphatic rings. The van der Waals surface area contributed by atoms with E-state index >= 15 is 0 Å². The van der Waals surface area contributed by atoms with Crippen LogP contribution in [0.4, 0.5) is 0 Å². The fourth-order valence-electron chi connectivity index (χ4n) is 12.4. The fraction of sp³-hybridized carbons (Fsp3) is 0.904. The first-order chi connectivity index (χ1) is 49.7. The summed E-state index contributed by atoms with van der Waals surface area (Å²) in [6.45, 7) is 4.98. The number of rotatable bonds is 82. The average molecular weight is 1490 g/mol. The second-order valence-electron chi connectivity index (χ2n) is 29.2. The lowest BCUT2D eigenvalue weighted by Crippen LogP contribution is -2.30. The molecule has 19 heteroatoms. The molecule has 0 aliphatic carbocycles. The van der Waals surface area contributed by atoms with Gasteiger partial charge in [-0.3, -0.25) is 37.3 Å². The van der Waals surface area contributed by atoms with E-state index in [-0.39, 0.29) is 25.7 Å². The zero-order chi connectivity index (χ0) is 74.6. The quantitative estimate of drug-likeness (QED) is 0.0169. The third-order valence-electron chi connectivity index (χ3n) is 18.9. The highest BCUT2D eigenvalue weighted by atomic mass is 31.2. The van der Waals surface area contributed by atoms with Crippen LogP contribution in [-0.2, 0) is 65.4 Å². The van der Waals surface area contributed by atoms with Gasteiger partial charge in [0, 0.05) is 25.7 Å². The predicted octanol–water partition coefficient (Wildman–Crippen LogP) is 24.9. The van der Waals surface area contributed by atoms with Gasteiger partial charge in [-0.2, -0.15) is 0 Å². The maximum atomic E-state index is 13.1. The van der Waals surface area contributed by atoms with Gasteiger partial charge in [-0.15, -0.1) is 0 Å². The van der Waals surface area contributed by atoms with Crippen LogP contribution >= 0.6 is 15.6 Å². The summed E-state index contributed by atoms with van der Waals surface area (Å²) in [4.78, 5) is 73.1. The number of aliphatic hydroxyl groups excluding tert-OH is 1. The van der Waals surface area contributed by atoms with Crippen LogP contribution in [0.15, 0.2) is 24.3 Å². The van der Waals surface area contributed by atoms with Crippen molar-refractivity contribution in [2.45, 2.75) is 444 Å². The molecule has 0 fully saturated rings. The molecular weight excluding hydrogens is 1330 g/mol. The van der Waals surface area contributed by atoms with Crippen molar-refractivity contribution in [3.63, 3.8) is 0 Å². The minimum atomic E-state index is -4.97. The normalized spacial score (nSPS) is 13.9. The Morgan fingerprint density at radius 1 is 0.275 bits per heavy atom. The van der Waals surface area contributed by atoms with Crippen molar-refractivity contribution in [3.8, 4) is 0 Å². The smallest absolute Gasteiger partial charge is 0.462 e. The first kappa shape index (κ1) is 99.5. The molecule has 102 heavy (non-hydrogen) atoms. The Labute approximate surface area is 624 Å². The molecule has 0 rings (SSSR count). The summed E-state index contributed by atoms with van der Waals surface area (Å²) < 4.78 is 68.8. The molecule has 0 saturated carbocycles. The molecule has 0 radical (unpaired) electrons. The van der Waals surface area contributed by atoms with Gasteiger partial charge in [-0.25, -0.2) is 9.13 Å². The second kappa shape index (κ2) is 76.7. The van der Waals surface area contributed by atoms with E-state index in [4.69, 9.17) is 37.0 Å². The Hall–Kier alpha value is -2.46. The molecule has 17 nitrogen and oxygen atoms in total. The molecule has 0 saturated heterocycles. The lowest BCUT2D eigenvalue weighted by molar-refractivity contribution is -0.161. The monoisotopic (exact) mass is 1490 g/mol. The molecular formula is C83H158O17P2. The third kappa shape index (κ3) is 75.8. The number of carbonyl (C=O) groups excluding carboxylic acids is 4. The van der Waals surface area contributed by atoms with Crippen molar-refractivity contribution in [2.24, 2.45) is 0 Å². The maximum Gasteiger partial charge on any atom is 0.472 e. The number of esters is 4. The third-order valence-corrected chi connectivity index (χ3v) is 20.9. The molecule has 5 atom stereocenters. The fourth-order valence-corrected chi connectivity index (χ4v) is 14.0. The lowest BCUT2D eigenvalue weighted by Gasteiger charge is -2.21. The molecule has 0 aromatic heterocycles. The molecule has 0 amide bonds. The zero-order valence-electron chi connectivity index (χ0n) is 66.1. The van der Waals surface area contributed by atoms with Crippen LogP contribution in [0.25, 0.3) is 0 Å². The summed E-state index contributed by atoms with van der Waals surface area (Å²) in [7, 11) is -9.93. The molecule has 2 unspecified atom stereocenters. The van der Waals surface area contributed by atoms with Gasteiger partial charge in [0.05, 0.1) is 26.4 Å². The number of allylic oxidation sites excluding steroid dienone is 4. The number of hydrogen-bond acceptors (Lipinski definition) is 15. The molecule has 602 valence electrons. The molecule has 0 heterocycles. The van der Waals surface area contributed by atoms with Crippen molar-refractivity contribution < 1.29 is 80.2 Å². The highest BCUT2D eigenvalue weighted by Crippen LogP contribution is 2.45. The van der Waals surface area contributed by atoms with E-state index in [9.17, 15) is 43.2 Å². The SMILES string of the molecule is CCCCC/C=C\C/C=C\CCCCCCCC(=O)O[C@H](COC(=O)CCCCCCCCCCCCCCCCC)COP(=O)(O)OC[C@@H](O)COP(=O)(O)OC[C@@H](COC(=O)CCCCCCCCCCCCCCCCC)OC(=O)CCCCCCCCCCCCCCCCCCC. The van der Waals surface area contributed by atoms with Crippen LogP contribution in [0.1, 0.15) is 426 Å². The van der Waals surface area contributed by atoms with Gasteiger partial charge in [-0.05, 0) is 57.8 Å². The Bertz CT molecular complexity index is 2020. The Balaban J connectivity index is 5.30. The number of ether oxygens (including phenoxy) is 4. The summed E-state index contributed by atoms with van der Waals surface area (Å²) in [5, 5.41) is 10.7. The lowest BCUT2D eigenvalue weighted by atomic mass is 10.0. The van der Waals surface area contributed by atoms with Crippen molar-refractivity contribution in [1.29, 1.82) is 0 Å². The van der Waals surface area contributed by atoms with Crippen LogP contribution in [0.2, 0.25) is 0 Å². The molecule has 0 aromatic carbocycles. The van der Waals surface area contributed by atoms with E-state index in [0.717, 1.165) is 109 Å². The van der Waals surface area contributed by atoms with Crippen LogP contribution in [0.5, 0.6) is 0 Å². The van der Waals surface area contributed by atoms with E-state index in [1.165, 1.54) is 238 Å². The number of phosphoric acid groups is 2. The van der Waals surface area contributed by atoms with Gasteiger partial charge >= 0.3 is 39.5 Å². The number of aliphatic hydroxyl groups is 1. The van der Waals surface area contributed by atoms with Gasteiger partial charge < -0.3 is 33.8 Å².